The number of nitrogens with one attached hydrogen (secondary N) is 1. The summed E-state index contributed by atoms with van der Waals surface area (Å²) in [6.07, 6.45) is 0. The molecule has 0 radical (unpaired) electrons. The quantitative estimate of drug-likeness (QED) is 0.827. The van der Waals surface area contributed by atoms with Crippen molar-refractivity contribution in [3.63, 3.8) is 0 Å². The minimum Gasteiger partial charge on any atom is -0.397 e. The predicted octanol–water partition coefficient (Wildman–Crippen LogP) is 3.29. The highest BCUT2D eigenvalue weighted by Gasteiger charge is 2.12. The molecule has 0 saturated heterocycles. The third-order valence-corrected chi connectivity index (χ3v) is 3.26. The first-order valence-corrected chi connectivity index (χ1v) is 6.36. The Kier molecular flexibility index (Phi) is 4.01. The fourth-order valence-electron chi connectivity index (χ4n) is 1.61. The maximum absolute atomic E-state index is 13.0. The summed E-state index contributed by atoms with van der Waals surface area (Å²) < 4.78 is 13.3. The van der Waals surface area contributed by atoms with Crippen LogP contribution in [0.3, 0.4) is 0 Å². The van der Waals surface area contributed by atoms with Crippen LogP contribution in [0.5, 0.6) is 0 Å². The van der Waals surface area contributed by atoms with E-state index in [1.54, 1.807) is 12.1 Å². The molecule has 1 amide bonds. The number of halogens is 2. The lowest BCUT2D eigenvalue weighted by Crippen LogP contribution is -2.14. The summed E-state index contributed by atoms with van der Waals surface area (Å²) in [5.74, 6) is -0.861. The number of benzene rings is 2. The van der Waals surface area contributed by atoms with Crippen LogP contribution < -0.4 is 11.1 Å². The zero-order valence-corrected chi connectivity index (χ0v) is 11.7. The van der Waals surface area contributed by atoms with Gasteiger partial charge in [-0.3, -0.25) is 4.79 Å². The molecule has 0 bridgehead atoms. The molecule has 4 nitrogen and oxygen atoms in total. The van der Waals surface area contributed by atoms with Gasteiger partial charge in [0.25, 0.3) is 5.91 Å². The molecule has 20 heavy (non-hydrogen) atoms. The first kappa shape index (κ1) is 14.0. The Hall–Kier alpha value is -2.39. The van der Waals surface area contributed by atoms with E-state index in [2.05, 4.69) is 21.2 Å². The number of carbonyl (C=O) groups is 1. The molecule has 2 aromatic rings. The molecule has 0 aliphatic rings. The molecule has 0 heterocycles. The third kappa shape index (κ3) is 2.95. The van der Waals surface area contributed by atoms with Crippen LogP contribution in [0.25, 0.3) is 0 Å². The minimum atomic E-state index is -0.439. The van der Waals surface area contributed by atoms with Gasteiger partial charge < -0.3 is 11.1 Å². The van der Waals surface area contributed by atoms with E-state index < -0.39 is 11.7 Å². The maximum Gasteiger partial charge on any atom is 0.256 e. The highest BCUT2D eigenvalue weighted by molar-refractivity contribution is 9.10. The number of rotatable bonds is 2. The zero-order valence-electron chi connectivity index (χ0n) is 10.2. The predicted molar refractivity (Wildman–Crippen MR) is 77.6 cm³/mol. The molecule has 0 aliphatic heterocycles. The Morgan fingerprint density at radius 2 is 2.05 bits per heavy atom. The Bertz CT molecular complexity index is 725. The largest absolute Gasteiger partial charge is 0.397 e. The van der Waals surface area contributed by atoms with Crippen molar-refractivity contribution in [2.45, 2.75) is 0 Å². The number of hydrogen-bond donors (Lipinski definition) is 2. The van der Waals surface area contributed by atoms with Gasteiger partial charge in [-0.1, -0.05) is 0 Å². The number of nitrogens with two attached hydrogens (primary N) is 1. The molecule has 2 rings (SSSR count). The maximum atomic E-state index is 13.0. The van der Waals surface area contributed by atoms with Crippen molar-refractivity contribution in [1.29, 1.82) is 5.26 Å². The van der Waals surface area contributed by atoms with Crippen molar-refractivity contribution >= 4 is 33.2 Å². The summed E-state index contributed by atoms with van der Waals surface area (Å²) in [6, 6.07) is 10.3. The van der Waals surface area contributed by atoms with Crippen LogP contribution in [0.1, 0.15) is 15.9 Å². The van der Waals surface area contributed by atoms with Gasteiger partial charge in [-0.2, -0.15) is 5.26 Å². The molecule has 0 aromatic heterocycles. The van der Waals surface area contributed by atoms with E-state index >= 15 is 0 Å². The van der Waals surface area contributed by atoms with E-state index in [9.17, 15) is 9.18 Å². The van der Waals surface area contributed by atoms with Gasteiger partial charge in [-0.25, -0.2) is 4.39 Å². The fraction of sp³-hybridized carbons (Fsp3) is 0. The van der Waals surface area contributed by atoms with Crippen LogP contribution in [-0.4, -0.2) is 5.91 Å². The highest BCUT2D eigenvalue weighted by atomic mass is 79.9. The number of hydrogen-bond acceptors (Lipinski definition) is 3. The first-order chi connectivity index (χ1) is 9.51. The van der Waals surface area contributed by atoms with E-state index in [1.807, 2.05) is 6.07 Å². The molecule has 0 aliphatic carbocycles. The number of nitrogen functional groups attached to an aromatic ring is 1. The van der Waals surface area contributed by atoms with Crippen molar-refractivity contribution < 1.29 is 9.18 Å². The van der Waals surface area contributed by atoms with Crippen molar-refractivity contribution in [3.8, 4) is 6.07 Å². The highest BCUT2D eigenvalue weighted by Crippen LogP contribution is 2.23. The molecule has 0 unspecified atom stereocenters. The van der Waals surface area contributed by atoms with Gasteiger partial charge in [-0.15, -0.1) is 0 Å². The van der Waals surface area contributed by atoms with Crippen molar-refractivity contribution in [2.75, 3.05) is 11.1 Å². The number of nitriles is 1. The van der Waals surface area contributed by atoms with Crippen molar-refractivity contribution in [2.24, 2.45) is 0 Å². The van der Waals surface area contributed by atoms with Gasteiger partial charge in [-0.05, 0) is 52.3 Å². The average Bonchev–Trinajstić information content (AvgIpc) is 2.40. The molecule has 0 fully saturated rings. The first-order valence-electron chi connectivity index (χ1n) is 5.57. The van der Waals surface area contributed by atoms with Gasteiger partial charge in [0, 0.05) is 4.47 Å². The lowest BCUT2D eigenvalue weighted by atomic mass is 10.1. The van der Waals surface area contributed by atoms with E-state index in [4.69, 9.17) is 11.0 Å². The summed E-state index contributed by atoms with van der Waals surface area (Å²) in [4.78, 5) is 12.1. The van der Waals surface area contributed by atoms with Gasteiger partial charge in [0.15, 0.2) is 0 Å². The normalized spacial score (nSPS) is 9.85. The van der Waals surface area contributed by atoms with Crippen LogP contribution >= 0.6 is 15.9 Å². The van der Waals surface area contributed by atoms with E-state index in [0.717, 1.165) is 0 Å². The van der Waals surface area contributed by atoms with Crippen LogP contribution in [-0.2, 0) is 0 Å². The smallest absolute Gasteiger partial charge is 0.256 e. The summed E-state index contributed by atoms with van der Waals surface area (Å²) >= 11 is 3.13. The topological polar surface area (TPSA) is 78.9 Å². The number of carbonyl (C=O) groups excluding carboxylic acids is 1. The molecule has 0 atom stereocenters. The van der Waals surface area contributed by atoms with E-state index in [1.165, 1.54) is 24.3 Å². The molecule has 3 N–H and O–H groups in total. The average molecular weight is 334 g/mol. The van der Waals surface area contributed by atoms with Gasteiger partial charge in [0.2, 0.25) is 0 Å². The second-order valence-electron chi connectivity index (χ2n) is 3.99. The molecule has 2 aromatic carbocycles. The molecule has 100 valence electrons. The third-order valence-electron chi connectivity index (χ3n) is 2.60. The fourth-order valence-corrected chi connectivity index (χ4v) is 2.14. The summed E-state index contributed by atoms with van der Waals surface area (Å²) in [5, 5.41) is 11.4. The monoisotopic (exact) mass is 333 g/mol. The van der Waals surface area contributed by atoms with Crippen molar-refractivity contribution in [1.82, 2.24) is 0 Å². The lowest BCUT2D eigenvalue weighted by Gasteiger charge is -2.09. The Labute approximate surface area is 123 Å². The second kappa shape index (κ2) is 5.72. The lowest BCUT2D eigenvalue weighted by molar-refractivity contribution is 0.102. The van der Waals surface area contributed by atoms with Crippen LogP contribution in [0.2, 0.25) is 0 Å². The summed E-state index contributed by atoms with van der Waals surface area (Å²) in [7, 11) is 0. The Morgan fingerprint density at radius 3 is 2.65 bits per heavy atom. The van der Waals surface area contributed by atoms with Gasteiger partial charge >= 0.3 is 0 Å². The molecule has 0 spiro atoms. The minimum absolute atomic E-state index is 0.287. The number of amides is 1. The van der Waals surface area contributed by atoms with Gasteiger partial charge in [0.1, 0.15) is 5.82 Å². The zero-order chi connectivity index (χ0) is 14.7. The van der Waals surface area contributed by atoms with Gasteiger partial charge in [0.05, 0.1) is 28.6 Å². The number of nitrogens with zero attached hydrogens (tertiary/aromatic N) is 1. The summed E-state index contributed by atoms with van der Waals surface area (Å²) in [6.45, 7) is 0. The molecule has 0 saturated carbocycles. The van der Waals surface area contributed by atoms with E-state index in [0.29, 0.717) is 15.7 Å². The van der Waals surface area contributed by atoms with Crippen molar-refractivity contribution in [3.05, 3.63) is 57.8 Å². The van der Waals surface area contributed by atoms with Crippen LogP contribution in [0.15, 0.2) is 40.9 Å². The Morgan fingerprint density at radius 1 is 1.30 bits per heavy atom. The number of anilines is 2. The standard InChI is InChI=1S/C14H9BrFN3O/c15-11-6-9(16)2-3-10(11)14(20)19-13-4-1-8(7-17)5-12(13)18/h1-6H,18H2,(H,19,20). The Balaban J connectivity index is 2.26. The van der Waals surface area contributed by atoms with Crippen LogP contribution in [0.4, 0.5) is 15.8 Å². The molecule has 6 heteroatoms. The summed E-state index contributed by atoms with van der Waals surface area (Å²) in [5.41, 5.74) is 7.12. The molecular formula is C14H9BrFN3O. The second-order valence-corrected chi connectivity index (χ2v) is 4.85. The van der Waals surface area contributed by atoms with Crippen LogP contribution in [0, 0.1) is 17.1 Å². The molecular weight excluding hydrogens is 325 g/mol. The SMILES string of the molecule is N#Cc1ccc(NC(=O)c2ccc(F)cc2Br)c(N)c1. The van der Waals surface area contributed by atoms with E-state index in [-0.39, 0.29) is 11.3 Å².